The summed E-state index contributed by atoms with van der Waals surface area (Å²) in [5.41, 5.74) is -0.367. The van der Waals surface area contributed by atoms with E-state index in [0.717, 1.165) is 12.1 Å². The first kappa shape index (κ1) is 14.5. The number of rotatable bonds is 3. The van der Waals surface area contributed by atoms with Crippen molar-refractivity contribution in [2.45, 2.75) is 24.6 Å². The quantitative estimate of drug-likeness (QED) is 0.472. The number of aromatic carboxylic acids is 1. The van der Waals surface area contributed by atoms with Crippen molar-refractivity contribution in [1.29, 1.82) is 0 Å². The van der Waals surface area contributed by atoms with E-state index in [1.165, 1.54) is 6.07 Å². The molecule has 0 amide bonds. The number of benzene rings is 1. The van der Waals surface area contributed by atoms with Crippen molar-refractivity contribution in [3.05, 3.63) is 23.8 Å². The van der Waals surface area contributed by atoms with Gasteiger partial charge in [-0.1, -0.05) is 0 Å². The van der Waals surface area contributed by atoms with Crippen molar-refractivity contribution in [1.82, 2.24) is 0 Å². The van der Waals surface area contributed by atoms with Crippen LogP contribution in [0.25, 0.3) is 0 Å². The highest BCUT2D eigenvalue weighted by Crippen LogP contribution is 2.26. The number of aliphatic hydroxyl groups excluding tert-OH is 3. The first-order chi connectivity index (χ1) is 9.40. The van der Waals surface area contributed by atoms with E-state index >= 15 is 0 Å². The van der Waals surface area contributed by atoms with Crippen molar-refractivity contribution in [3.8, 4) is 11.5 Å². The highest BCUT2D eigenvalue weighted by molar-refractivity contribution is 5.91. The highest BCUT2D eigenvalue weighted by atomic mass is 16.7. The van der Waals surface area contributed by atoms with E-state index in [2.05, 4.69) is 0 Å². The lowest BCUT2D eigenvalue weighted by Gasteiger charge is -2.34. The van der Waals surface area contributed by atoms with Crippen LogP contribution >= 0.6 is 0 Å². The Labute approximate surface area is 113 Å². The number of carboxylic acids is 1. The second-order valence-corrected chi connectivity index (χ2v) is 4.35. The van der Waals surface area contributed by atoms with Crippen LogP contribution in [0.2, 0.25) is 0 Å². The van der Waals surface area contributed by atoms with Gasteiger partial charge in [-0.2, -0.15) is 0 Å². The van der Waals surface area contributed by atoms with Crippen molar-refractivity contribution >= 4 is 5.97 Å². The molecule has 0 bridgehead atoms. The van der Waals surface area contributed by atoms with Gasteiger partial charge in [0, 0.05) is 0 Å². The Morgan fingerprint density at radius 1 is 1.25 bits per heavy atom. The normalized spacial score (nSPS) is 29.9. The highest BCUT2D eigenvalue weighted by Gasteiger charge is 2.39. The summed E-state index contributed by atoms with van der Waals surface area (Å²) in [7, 11) is 0. The Morgan fingerprint density at radius 3 is 2.60 bits per heavy atom. The van der Waals surface area contributed by atoms with Crippen molar-refractivity contribution in [3.63, 3.8) is 0 Å². The Kier molecular flexibility index (Phi) is 4.09. The lowest BCUT2D eigenvalue weighted by atomic mass is 10.1. The molecule has 2 rings (SSSR count). The van der Waals surface area contributed by atoms with E-state index in [4.69, 9.17) is 14.6 Å². The number of ether oxygens (including phenoxy) is 2. The number of hydrogen-bond donors (Lipinski definition) is 5. The molecular formula is C12H14O8. The van der Waals surface area contributed by atoms with Gasteiger partial charge in [0.2, 0.25) is 6.29 Å². The van der Waals surface area contributed by atoms with E-state index in [1.54, 1.807) is 0 Å². The van der Waals surface area contributed by atoms with Crippen LogP contribution in [0.4, 0.5) is 0 Å². The average molecular weight is 286 g/mol. The molecule has 0 saturated carbocycles. The molecule has 1 aromatic rings. The third-order valence-corrected chi connectivity index (χ3v) is 2.90. The van der Waals surface area contributed by atoms with E-state index in [1.807, 2.05) is 0 Å². The minimum Gasteiger partial charge on any atom is -0.507 e. The average Bonchev–Trinajstić information content (AvgIpc) is 2.41. The van der Waals surface area contributed by atoms with Gasteiger partial charge < -0.3 is 35.0 Å². The van der Waals surface area contributed by atoms with Crippen molar-refractivity contribution in [2.75, 3.05) is 6.61 Å². The van der Waals surface area contributed by atoms with E-state index in [-0.39, 0.29) is 17.9 Å². The molecule has 0 radical (unpaired) electrons. The zero-order valence-electron chi connectivity index (χ0n) is 10.2. The van der Waals surface area contributed by atoms with Crippen LogP contribution in [0, 0.1) is 0 Å². The molecule has 8 heteroatoms. The summed E-state index contributed by atoms with van der Waals surface area (Å²) in [4.78, 5) is 10.9. The smallest absolute Gasteiger partial charge is 0.339 e. The van der Waals surface area contributed by atoms with Crippen LogP contribution in [0.1, 0.15) is 10.4 Å². The van der Waals surface area contributed by atoms with Gasteiger partial charge in [0.05, 0.1) is 6.61 Å². The number of carbonyl (C=O) groups is 1. The number of carboxylic acid groups (broad SMARTS) is 1. The van der Waals surface area contributed by atoms with Gasteiger partial charge >= 0.3 is 5.97 Å². The molecule has 5 N–H and O–H groups in total. The monoisotopic (exact) mass is 286 g/mol. The van der Waals surface area contributed by atoms with E-state index in [0.29, 0.717) is 0 Å². The molecular weight excluding hydrogens is 272 g/mol. The maximum atomic E-state index is 10.9. The molecule has 20 heavy (non-hydrogen) atoms. The van der Waals surface area contributed by atoms with Gasteiger partial charge in [-0.25, -0.2) is 4.79 Å². The van der Waals surface area contributed by atoms with Crippen molar-refractivity contribution in [2.24, 2.45) is 0 Å². The van der Waals surface area contributed by atoms with Gasteiger partial charge in [0.25, 0.3) is 0 Å². The summed E-state index contributed by atoms with van der Waals surface area (Å²) >= 11 is 0. The van der Waals surface area contributed by atoms with Gasteiger partial charge in [0.15, 0.2) is 0 Å². The first-order valence-electron chi connectivity index (χ1n) is 5.79. The molecule has 110 valence electrons. The van der Waals surface area contributed by atoms with Gasteiger partial charge in [-0.3, -0.25) is 0 Å². The third-order valence-electron chi connectivity index (χ3n) is 2.90. The summed E-state index contributed by atoms with van der Waals surface area (Å²) in [6.45, 7) is -0.229. The summed E-state index contributed by atoms with van der Waals surface area (Å²) in [5.74, 6) is -1.73. The predicted octanol–water partition coefficient (Wildman–Crippen LogP) is -1.09. The second-order valence-electron chi connectivity index (χ2n) is 4.35. The zero-order chi connectivity index (χ0) is 14.9. The van der Waals surface area contributed by atoms with Crippen LogP contribution in [0.15, 0.2) is 18.2 Å². The minimum absolute atomic E-state index is 0.0350. The summed E-state index contributed by atoms with van der Waals surface area (Å²) in [6.07, 6.45) is -5.38. The molecule has 1 saturated heterocycles. The standard InChI is InChI=1S/C12H14O8/c13-7-2-1-5(3-6(7)11(17)18)20-12-10(16)9(15)8(14)4-19-12/h1-3,8-10,12-16H,4H2,(H,17,18)/t8-,9+,10-,12+/m1/s1. The molecule has 1 heterocycles. The molecule has 4 atom stereocenters. The maximum Gasteiger partial charge on any atom is 0.339 e. The molecule has 0 aromatic heterocycles. The Morgan fingerprint density at radius 2 is 1.95 bits per heavy atom. The van der Waals surface area contributed by atoms with Gasteiger partial charge in [-0.05, 0) is 18.2 Å². The van der Waals surface area contributed by atoms with Crippen LogP contribution in [0.5, 0.6) is 11.5 Å². The first-order valence-corrected chi connectivity index (χ1v) is 5.79. The number of phenols is 1. The summed E-state index contributed by atoms with van der Waals surface area (Å²) < 4.78 is 10.2. The third kappa shape index (κ3) is 2.83. The summed E-state index contributed by atoms with van der Waals surface area (Å²) in [6, 6.07) is 3.47. The molecule has 0 spiro atoms. The van der Waals surface area contributed by atoms with Crippen molar-refractivity contribution < 1.29 is 39.8 Å². The lowest BCUT2D eigenvalue weighted by Crippen LogP contribution is -2.54. The van der Waals surface area contributed by atoms with Crippen LogP contribution in [0.3, 0.4) is 0 Å². The predicted molar refractivity (Wildman–Crippen MR) is 63.5 cm³/mol. The lowest BCUT2D eigenvalue weighted by molar-refractivity contribution is -0.242. The maximum absolute atomic E-state index is 10.9. The molecule has 1 aliphatic heterocycles. The fourth-order valence-electron chi connectivity index (χ4n) is 1.78. The van der Waals surface area contributed by atoms with Crippen LogP contribution in [-0.4, -0.2) is 62.7 Å². The number of aliphatic hydroxyl groups is 3. The summed E-state index contributed by atoms with van der Waals surface area (Å²) in [5, 5.41) is 46.7. The topological polar surface area (TPSA) is 137 Å². The number of hydrogen-bond acceptors (Lipinski definition) is 7. The second kappa shape index (κ2) is 5.63. The Balaban J connectivity index is 2.14. The Bertz CT molecular complexity index is 502. The minimum atomic E-state index is -1.49. The van der Waals surface area contributed by atoms with E-state index in [9.17, 15) is 25.2 Å². The molecule has 0 unspecified atom stereocenters. The largest absolute Gasteiger partial charge is 0.507 e. The molecule has 1 aliphatic rings. The SMILES string of the molecule is O=C(O)c1cc(O[C@@H]2OC[C@@H](O)[C@H](O)[C@H]2O)ccc1O. The molecule has 0 aliphatic carbocycles. The zero-order valence-corrected chi connectivity index (χ0v) is 10.2. The van der Waals surface area contributed by atoms with Gasteiger partial charge in [0.1, 0.15) is 35.4 Å². The number of aromatic hydroxyl groups is 1. The molecule has 8 nitrogen and oxygen atoms in total. The fraction of sp³-hybridized carbons (Fsp3) is 0.417. The van der Waals surface area contributed by atoms with E-state index < -0.39 is 36.3 Å². The fourth-order valence-corrected chi connectivity index (χ4v) is 1.78. The van der Waals surface area contributed by atoms with Crippen LogP contribution in [-0.2, 0) is 4.74 Å². The molecule has 1 aromatic carbocycles. The Hall–Kier alpha value is -1.87. The van der Waals surface area contributed by atoms with Gasteiger partial charge in [-0.15, -0.1) is 0 Å². The van der Waals surface area contributed by atoms with Crippen LogP contribution < -0.4 is 4.74 Å². The molecule has 1 fully saturated rings.